The van der Waals surface area contributed by atoms with Crippen LogP contribution in [-0.2, 0) is 6.54 Å². The van der Waals surface area contributed by atoms with Gasteiger partial charge in [-0.2, -0.15) is 0 Å². The number of thiophene rings is 1. The van der Waals surface area contributed by atoms with Crippen molar-refractivity contribution in [1.29, 1.82) is 0 Å². The first-order valence-corrected chi connectivity index (χ1v) is 10.5. The third-order valence-corrected chi connectivity index (χ3v) is 5.71. The molecule has 0 bridgehead atoms. The quantitative estimate of drug-likeness (QED) is 0.330. The first kappa shape index (κ1) is 20.0. The number of benzene rings is 1. The molecule has 9 heteroatoms. The lowest BCUT2D eigenvalue weighted by atomic mass is 10.1. The lowest BCUT2D eigenvalue weighted by Gasteiger charge is -2.12. The maximum absolute atomic E-state index is 12.9. The molecule has 4 aromatic rings. The fourth-order valence-corrected chi connectivity index (χ4v) is 3.93. The highest BCUT2D eigenvalue weighted by atomic mass is 32.1. The highest BCUT2D eigenvalue weighted by Crippen LogP contribution is 2.30. The van der Waals surface area contributed by atoms with Gasteiger partial charge in [-0.15, -0.1) is 11.3 Å². The van der Waals surface area contributed by atoms with Gasteiger partial charge in [0.15, 0.2) is 5.11 Å². The van der Waals surface area contributed by atoms with E-state index >= 15 is 0 Å². The number of amides is 1. The number of nitrogens with zero attached hydrogens (tertiary/aromatic N) is 2. The second-order valence-corrected chi connectivity index (χ2v) is 8.36. The summed E-state index contributed by atoms with van der Waals surface area (Å²) in [5.41, 5.74) is 8.46. The van der Waals surface area contributed by atoms with E-state index in [-0.39, 0.29) is 5.91 Å². The highest BCUT2D eigenvalue weighted by Gasteiger charge is 2.20. The number of pyridine rings is 1. The predicted molar refractivity (Wildman–Crippen MR) is 121 cm³/mol. The minimum atomic E-state index is -0.355. The van der Waals surface area contributed by atoms with Gasteiger partial charge in [-0.1, -0.05) is 35.5 Å². The minimum absolute atomic E-state index is 0.314. The molecular weight excluding hydrogens is 418 g/mol. The molecule has 0 saturated heterocycles. The number of aromatic nitrogens is 2. The highest BCUT2D eigenvalue weighted by molar-refractivity contribution is 7.80. The second-order valence-electron chi connectivity index (χ2n) is 6.66. The number of nitrogens with one attached hydrogen (secondary N) is 3. The summed E-state index contributed by atoms with van der Waals surface area (Å²) in [4.78, 5) is 19.6. The largest absolute Gasteiger partial charge is 0.357 e. The van der Waals surface area contributed by atoms with Crippen molar-refractivity contribution in [1.82, 2.24) is 26.3 Å². The number of hydrazine groups is 1. The minimum Gasteiger partial charge on any atom is -0.357 e. The van der Waals surface area contributed by atoms with E-state index in [0.29, 0.717) is 39.7 Å². The molecule has 0 aliphatic heterocycles. The van der Waals surface area contributed by atoms with Crippen molar-refractivity contribution in [3.8, 4) is 10.6 Å². The lowest BCUT2D eigenvalue weighted by molar-refractivity contribution is 0.0945. The number of thiocarbonyl (C=S) groups is 1. The van der Waals surface area contributed by atoms with Crippen LogP contribution in [0.15, 0.2) is 53.1 Å². The molecule has 3 N–H and O–H groups in total. The van der Waals surface area contributed by atoms with Crippen molar-refractivity contribution in [3.63, 3.8) is 0 Å². The number of rotatable bonds is 4. The Morgan fingerprint density at radius 1 is 1.13 bits per heavy atom. The first-order chi connectivity index (χ1) is 14.5. The summed E-state index contributed by atoms with van der Waals surface area (Å²) >= 11 is 6.85. The van der Waals surface area contributed by atoms with Gasteiger partial charge < -0.3 is 9.84 Å². The van der Waals surface area contributed by atoms with Crippen molar-refractivity contribution in [2.24, 2.45) is 0 Å². The van der Waals surface area contributed by atoms with Gasteiger partial charge in [-0.05, 0) is 49.8 Å². The van der Waals surface area contributed by atoms with Crippen LogP contribution in [0.2, 0.25) is 0 Å². The number of carbonyl (C=O) groups is 1. The Balaban J connectivity index is 1.50. The molecule has 0 aliphatic rings. The number of fused-ring (bicyclic) bond motifs is 1. The summed E-state index contributed by atoms with van der Waals surface area (Å²) < 4.78 is 5.33. The lowest BCUT2D eigenvalue weighted by Crippen LogP contribution is -2.46. The van der Waals surface area contributed by atoms with Crippen LogP contribution in [0, 0.1) is 13.8 Å². The Morgan fingerprint density at radius 2 is 1.93 bits per heavy atom. The van der Waals surface area contributed by atoms with Gasteiger partial charge in [-0.25, -0.2) is 4.98 Å². The number of hydrogen-bond donors (Lipinski definition) is 3. The van der Waals surface area contributed by atoms with Gasteiger partial charge in [-0.3, -0.25) is 15.6 Å². The van der Waals surface area contributed by atoms with E-state index in [0.717, 1.165) is 15.3 Å². The van der Waals surface area contributed by atoms with Crippen LogP contribution >= 0.6 is 23.6 Å². The number of aryl methyl sites for hydroxylation is 2. The molecule has 3 heterocycles. The fourth-order valence-electron chi connectivity index (χ4n) is 2.98. The first-order valence-electron chi connectivity index (χ1n) is 9.23. The molecule has 3 aromatic heterocycles. The Hall–Kier alpha value is -3.30. The van der Waals surface area contributed by atoms with Gasteiger partial charge in [0.2, 0.25) is 0 Å². The third-order valence-electron chi connectivity index (χ3n) is 4.44. The maximum atomic E-state index is 12.9. The normalized spacial score (nSPS) is 10.7. The molecular formula is C21H19N5O2S2. The average molecular weight is 438 g/mol. The molecule has 4 rings (SSSR count). The molecule has 1 amide bonds. The molecule has 0 fully saturated rings. The monoisotopic (exact) mass is 437 g/mol. The smallest absolute Gasteiger partial charge is 0.270 e. The van der Waals surface area contributed by atoms with Gasteiger partial charge in [0, 0.05) is 11.4 Å². The van der Waals surface area contributed by atoms with E-state index in [1.165, 1.54) is 0 Å². The molecule has 7 nitrogen and oxygen atoms in total. The van der Waals surface area contributed by atoms with Gasteiger partial charge in [0.1, 0.15) is 0 Å². The summed E-state index contributed by atoms with van der Waals surface area (Å²) in [6.07, 6.45) is 0. The summed E-state index contributed by atoms with van der Waals surface area (Å²) in [5, 5.41) is 7.91. The molecule has 0 saturated carbocycles. The van der Waals surface area contributed by atoms with Crippen molar-refractivity contribution >= 4 is 45.7 Å². The maximum Gasteiger partial charge on any atom is 0.270 e. The molecule has 0 unspecified atom stereocenters. The van der Waals surface area contributed by atoms with Crippen LogP contribution in [0.1, 0.15) is 26.5 Å². The number of hydrogen-bond acceptors (Lipinski definition) is 6. The molecule has 0 spiro atoms. The zero-order valence-electron chi connectivity index (χ0n) is 16.4. The van der Waals surface area contributed by atoms with Crippen molar-refractivity contribution in [3.05, 3.63) is 70.2 Å². The van der Waals surface area contributed by atoms with Crippen LogP contribution < -0.4 is 16.2 Å². The Kier molecular flexibility index (Phi) is 5.73. The molecule has 0 radical (unpaired) electrons. The van der Waals surface area contributed by atoms with Crippen LogP contribution in [0.5, 0.6) is 0 Å². The average Bonchev–Trinajstić information content (AvgIpc) is 3.36. The van der Waals surface area contributed by atoms with E-state index in [2.05, 4.69) is 26.3 Å². The standard InChI is InChI=1S/C21H19N5O2S2/c1-12-8-9-17(30-12)16-10-15(18-13(2)26-28-20(18)23-16)19(27)24-25-21(29)22-11-14-6-4-3-5-7-14/h3-10H,11H2,1-2H3,(H,24,27)(H2,22,25,29). The van der Waals surface area contributed by atoms with Crippen molar-refractivity contribution in [2.75, 3.05) is 0 Å². The number of carbonyl (C=O) groups excluding carboxylic acids is 1. The summed E-state index contributed by atoms with van der Waals surface area (Å²) in [7, 11) is 0. The van der Waals surface area contributed by atoms with E-state index in [4.69, 9.17) is 16.7 Å². The molecule has 30 heavy (non-hydrogen) atoms. The fraction of sp³-hybridized carbons (Fsp3) is 0.143. The Morgan fingerprint density at radius 3 is 2.67 bits per heavy atom. The van der Waals surface area contributed by atoms with Gasteiger partial charge in [0.25, 0.3) is 11.6 Å². The van der Waals surface area contributed by atoms with Crippen LogP contribution in [0.4, 0.5) is 0 Å². The van der Waals surface area contributed by atoms with Gasteiger partial charge in [0.05, 0.1) is 27.2 Å². The van der Waals surface area contributed by atoms with E-state index < -0.39 is 0 Å². The SMILES string of the molecule is Cc1ccc(-c2cc(C(=O)NNC(=S)NCc3ccccc3)c3c(C)noc3n2)s1. The van der Waals surface area contributed by atoms with E-state index in [9.17, 15) is 4.79 Å². The molecule has 0 aliphatic carbocycles. The third kappa shape index (κ3) is 4.32. The zero-order valence-corrected chi connectivity index (χ0v) is 18.0. The van der Waals surface area contributed by atoms with Crippen LogP contribution in [0.25, 0.3) is 21.7 Å². The molecule has 152 valence electrons. The van der Waals surface area contributed by atoms with E-state index in [1.807, 2.05) is 49.4 Å². The topological polar surface area (TPSA) is 92.1 Å². The van der Waals surface area contributed by atoms with Crippen molar-refractivity contribution in [2.45, 2.75) is 20.4 Å². The Labute approximate surface area is 182 Å². The van der Waals surface area contributed by atoms with Gasteiger partial charge >= 0.3 is 0 Å². The van der Waals surface area contributed by atoms with E-state index in [1.54, 1.807) is 24.3 Å². The Bertz CT molecular complexity index is 1220. The molecule has 0 atom stereocenters. The zero-order chi connectivity index (χ0) is 21.1. The summed E-state index contributed by atoms with van der Waals surface area (Å²) in [6, 6.07) is 15.6. The van der Waals surface area contributed by atoms with Crippen LogP contribution in [-0.4, -0.2) is 21.2 Å². The van der Waals surface area contributed by atoms with Crippen molar-refractivity contribution < 1.29 is 9.32 Å². The summed E-state index contributed by atoms with van der Waals surface area (Å²) in [5.74, 6) is -0.355. The predicted octanol–water partition coefficient (Wildman–Crippen LogP) is 3.88. The van der Waals surface area contributed by atoms with Crippen LogP contribution in [0.3, 0.4) is 0 Å². The summed E-state index contributed by atoms with van der Waals surface area (Å²) in [6.45, 7) is 4.35. The second kappa shape index (κ2) is 8.60. The molecule has 1 aromatic carbocycles.